The minimum Gasteiger partial charge on any atom is -0.480 e. The van der Waals surface area contributed by atoms with Crippen LogP contribution in [0.3, 0.4) is 0 Å². The molecule has 0 bridgehead atoms. The monoisotopic (exact) mass is 826 g/mol. The van der Waals surface area contributed by atoms with E-state index in [0.717, 1.165) is 77.0 Å². The van der Waals surface area contributed by atoms with Gasteiger partial charge in [-0.25, -0.2) is 4.57 Å². The third-order valence-corrected chi connectivity index (χ3v) is 10.3. The predicted octanol–water partition coefficient (Wildman–Crippen LogP) is 11.8. The minimum absolute atomic E-state index is 0.143. The summed E-state index contributed by atoms with van der Waals surface area (Å²) in [6.07, 6.45) is 44.5. The Hall–Kier alpha value is -2.56. The molecular formula is C45H80NO10P. The molecule has 0 saturated heterocycles. The molecule has 0 aromatic carbocycles. The van der Waals surface area contributed by atoms with Crippen LogP contribution >= 0.6 is 7.82 Å². The van der Waals surface area contributed by atoms with E-state index in [1.807, 2.05) is 0 Å². The Morgan fingerprint density at radius 3 is 1.42 bits per heavy atom. The Balaban J connectivity index is 4.35. The molecule has 1 unspecified atom stereocenters. The molecule has 0 radical (unpaired) electrons. The maximum Gasteiger partial charge on any atom is 0.472 e. The zero-order valence-corrected chi connectivity index (χ0v) is 36.6. The molecule has 4 N–H and O–H groups in total. The van der Waals surface area contributed by atoms with Gasteiger partial charge >= 0.3 is 25.7 Å². The van der Waals surface area contributed by atoms with Gasteiger partial charge in [-0.1, -0.05) is 152 Å². The highest BCUT2D eigenvalue weighted by Crippen LogP contribution is 2.43. The number of allylic oxidation sites excluding steroid dienone is 8. The van der Waals surface area contributed by atoms with Crippen molar-refractivity contribution >= 4 is 25.7 Å². The van der Waals surface area contributed by atoms with Gasteiger partial charge < -0.3 is 25.2 Å². The summed E-state index contributed by atoms with van der Waals surface area (Å²) >= 11 is 0. The molecule has 0 heterocycles. The van der Waals surface area contributed by atoms with Crippen molar-refractivity contribution in [1.29, 1.82) is 0 Å². The molecule has 0 rings (SSSR count). The van der Waals surface area contributed by atoms with E-state index in [1.54, 1.807) is 0 Å². The van der Waals surface area contributed by atoms with Crippen molar-refractivity contribution in [1.82, 2.24) is 0 Å². The van der Waals surface area contributed by atoms with Crippen LogP contribution in [0.15, 0.2) is 48.6 Å². The van der Waals surface area contributed by atoms with Gasteiger partial charge in [0.2, 0.25) is 0 Å². The van der Waals surface area contributed by atoms with Crippen LogP contribution in [-0.4, -0.2) is 59.9 Å². The van der Waals surface area contributed by atoms with Gasteiger partial charge in [0.05, 0.1) is 13.2 Å². The van der Waals surface area contributed by atoms with Crippen LogP contribution in [0.1, 0.15) is 187 Å². The number of phosphoric acid groups is 1. The first-order valence-corrected chi connectivity index (χ1v) is 23.7. The second-order valence-electron chi connectivity index (χ2n) is 14.8. The smallest absolute Gasteiger partial charge is 0.472 e. The Morgan fingerprint density at radius 2 is 0.947 bits per heavy atom. The largest absolute Gasteiger partial charge is 0.480 e. The summed E-state index contributed by atoms with van der Waals surface area (Å²) in [5, 5.41) is 8.89. The predicted molar refractivity (Wildman–Crippen MR) is 231 cm³/mol. The lowest BCUT2D eigenvalue weighted by Gasteiger charge is -2.20. The van der Waals surface area contributed by atoms with E-state index in [9.17, 15) is 23.8 Å². The van der Waals surface area contributed by atoms with Crippen molar-refractivity contribution in [2.45, 2.75) is 199 Å². The number of rotatable bonds is 41. The number of aliphatic carboxylic acids is 1. The Morgan fingerprint density at radius 1 is 0.544 bits per heavy atom. The lowest BCUT2D eigenvalue weighted by molar-refractivity contribution is -0.161. The summed E-state index contributed by atoms with van der Waals surface area (Å²) in [5.74, 6) is -2.40. The first-order valence-electron chi connectivity index (χ1n) is 22.2. The van der Waals surface area contributed by atoms with Crippen LogP contribution in [0.5, 0.6) is 0 Å². The number of carboxylic acid groups (broad SMARTS) is 1. The number of hydrogen-bond acceptors (Lipinski definition) is 9. The van der Waals surface area contributed by atoms with Crippen LogP contribution in [-0.2, 0) is 37.5 Å². The number of phosphoric ester groups is 1. The van der Waals surface area contributed by atoms with Crippen LogP contribution in [0.25, 0.3) is 0 Å². The minimum atomic E-state index is -4.72. The van der Waals surface area contributed by atoms with E-state index in [1.165, 1.54) is 70.6 Å². The summed E-state index contributed by atoms with van der Waals surface area (Å²) in [4.78, 5) is 46.0. The fourth-order valence-electron chi connectivity index (χ4n) is 5.76. The maximum absolute atomic E-state index is 12.6. The summed E-state index contributed by atoms with van der Waals surface area (Å²) in [6, 6.07) is -1.53. The second-order valence-corrected chi connectivity index (χ2v) is 16.3. The third-order valence-electron chi connectivity index (χ3n) is 9.30. The Bertz CT molecular complexity index is 1150. The maximum atomic E-state index is 12.6. The summed E-state index contributed by atoms with van der Waals surface area (Å²) in [7, 11) is -4.72. The molecule has 0 aromatic heterocycles. The molecule has 0 aromatic rings. The molecule has 0 aliphatic carbocycles. The number of ether oxygens (including phenoxy) is 2. The second kappa shape index (κ2) is 40.2. The molecule has 0 spiro atoms. The van der Waals surface area contributed by atoms with Crippen molar-refractivity contribution in [3.05, 3.63) is 48.6 Å². The van der Waals surface area contributed by atoms with Crippen molar-refractivity contribution in [3.8, 4) is 0 Å². The topological polar surface area (TPSA) is 172 Å². The number of nitrogens with two attached hydrogens (primary N) is 1. The number of carbonyl (C=O) groups excluding carboxylic acids is 2. The molecule has 12 heteroatoms. The van der Waals surface area contributed by atoms with E-state index in [4.69, 9.17) is 24.8 Å². The Labute approximate surface area is 345 Å². The van der Waals surface area contributed by atoms with Gasteiger partial charge in [0.25, 0.3) is 0 Å². The molecule has 57 heavy (non-hydrogen) atoms. The molecule has 330 valence electrons. The summed E-state index contributed by atoms with van der Waals surface area (Å²) in [6.45, 7) is 2.72. The standard InChI is InChI=1S/C45H80NO10P/c1-3-5-7-9-11-13-15-17-19-20-21-22-23-25-26-28-30-32-34-36-43(47)53-38-41(39-54-57(51,52)55-40-42(46)45(49)50)56-44(48)37-35-33-31-29-27-24-18-16-14-12-10-8-6-4-2/h10-13,16-19,41-42H,3-9,14-15,20-40,46H2,1-2H3,(H,49,50)(H,51,52)/b12-10-,13-11-,18-16-,19-17-/t41-,42+/m1/s1. The lowest BCUT2D eigenvalue weighted by Crippen LogP contribution is -2.34. The van der Waals surface area contributed by atoms with Gasteiger partial charge in [0.1, 0.15) is 12.6 Å². The number of carbonyl (C=O) groups is 3. The summed E-state index contributed by atoms with van der Waals surface area (Å²) < 4.78 is 32.7. The number of carboxylic acids is 1. The van der Waals surface area contributed by atoms with Gasteiger partial charge in [-0.15, -0.1) is 0 Å². The molecule has 0 fully saturated rings. The molecule has 0 aliphatic rings. The number of hydrogen-bond donors (Lipinski definition) is 3. The SMILES string of the molecule is CCCC/C=C\C/C=C\CCCCCCCC(=O)O[C@H](COC(=O)CCCCCCCCCCC/C=C\C/C=C\CCCCC)COP(=O)(O)OC[C@H](N)C(=O)O. The number of esters is 2. The average molecular weight is 826 g/mol. The molecular weight excluding hydrogens is 745 g/mol. The normalized spacial score (nSPS) is 14.2. The van der Waals surface area contributed by atoms with Gasteiger partial charge in [-0.2, -0.15) is 0 Å². The fourth-order valence-corrected chi connectivity index (χ4v) is 6.54. The molecule has 0 amide bonds. The molecule has 3 atom stereocenters. The van der Waals surface area contributed by atoms with Crippen molar-refractivity contribution < 1.29 is 47.5 Å². The zero-order chi connectivity index (χ0) is 42.1. The van der Waals surface area contributed by atoms with Crippen LogP contribution < -0.4 is 5.73 Å². The highest BCUT2D eigenvalue weighted by Gasteiger charge is 2.28. The van der Waals surface area contributed by atoms with Crippen molar-refractivity contribution in [2.75, 3.05) is 19.8 Å². The molecule has 11 nitrogen and oxygen atoms in total. The average Bonchev–Trinajstić information content (AvgIpc) is 3.19. The van der Waals surface area contributed by atoms with E-state index < -0.39 is 51.1 Å². The highest BCUT2D eigenvalue weighted by molar-refractivity contribution is 7.47. The fraction of sp³-hybridized carbons (Fsp3) is 0.756. The molecule has 0 saturated carbocycles. The third kappa shape index (κ3) is 40.0. The summed E-state index contributed by atoms with van der Waals surface area (Å²) in [5.41, 5.74) is 5.33. The van der Waals surface area contributed by atoms with Gasteiger partial charge in [0.15, 0.2) is 6.10 Å². The van der Waals surface area contributed by atoms with Crippen molar-refractivity contribution in [3.63, 3.8) is 0 Å². The van der Waals surface area contributed by atoms with Crippen LogP contribution in [0.4, 0.5) is 0 Å². The number of unbranched alkanes of at least 4 members (excludes halogenated alkanes) is 19. The van der Waals surface area contributed by atoms with Crippen LogP contribution in [0.2, 0.25) is 0 Å². The van der Waals surface area contributed by atoms with E-state index >= 15 is 0 Å². The first kappa shape index (κ1) is 54.4. The van der Waals surface area contributed by atoms with Gasteiger partial charge in [0, 0.05) is 12.8 Å². The van der Waals surface area contributed by atoms with Crippen LogP contribution in [0, 0.1) is 0 Å². The van der Waals surface area contributed by atoms with Crippen molar-refractivity contribution in [2.24, 2.45) is 5.73 Å². The zero-order valence-electron chi connectivity index (χ0n) is 35.7. The first-order chi connectivity index (χ1) is 27.6. The Kier molecular flexibility index (Phi) is 38.4. The van der Waals surface area contributed by atoms with E-state index in [-0.39, 0.29) is 19.4 Å². The van der Waals surface area contributed by atoms with E-state index in [2.05, 4.69) is 67.0 Å². The van der Waals surface area contributed by atoms with Gasteiger partial charge in [-0.05, 0) is 70.6 Å². The lowest BCUT2D eigenvalue weighted by atomic mass is 10.1. The molecule has 0 aliphatic heterocycles. The highest BCUT2D eigenvalue weighted by atomic mass is 31.2. The van der Waals surface area contributed by atoms with E-state index in [0.29, 0.717) is 12.8 Å². The van der Waals surface area contributed by atoms with Gasteiger partial charge in [-0.3, -0.25) is 23.4 Å². The quantitative estimate of drug-likeness (QED) is 0.0232.